The summed E-state index contributed by atoms with van der Waals surface area (Å²) in [6.07, 6.45) is 1.91. The number of fused-ring (bicyclic) bond motifs is 1. The molecule has 0 aliphatic carbocycles. The number of rotatable bonds is 7. The zero-order valence-corrected chi connectivity index (χ0v) is 17.2. The summed E-state index contributed by atoms with van der Waals surface area (Å²) >= 11 is 3.44. The molecule has 3 rings (SSSR count). The number of carbonyl (C=O) groups excluding carboxylic acids is 1. The highest BCUT2D eigenvalue weighted by molar-refractivity contribution is 9.09. The van der Waals surface area contributed by atoms with Crippen LogP contribution < -0.4 is 4.74 Å². The molecule has 0 atom stereocenters. The Kier molecular flexibility index (Phi) is 6.61. The zero-order chi connectivity index (χ0) is 20.8. The molecule has 148 valence electrons. The summed E-state index contributed by atoms with van der Waals surface area (Å²) in [7, 11) is 1.34. The minimum Gasteiger partial charge on any atom is -0.482 e. The Bertz CT molecular complexity index is 1080. The number of benzene rings is 3. The minimum absolute atomic E-state index is 0.0694. The number of nitro groups is 1. The van der Waals surface area contributed by atoms with Crippen molar-refractivity contribution in [1.29, 1.82) is 0 Å². The van der Waals surface area contributed by atoms with E-state index in [1.54, 1.807) is 36.4 Å². The summed E-state index contributed by atoms with van der Waals surface area (Å²) in [4.78, 5) is 22.5. The second kappa shape index (κ2) is 9.34. The summed E-state index contributed by atoms with van der Waals surface area (Å²) in [5.41, 5.74) is 2.16. The first-order valence-electron chi connectivity index (χ1n) is 8.76. The van der Waals surface area contributed by atoms with E-state index in [1.807, 2.05) is 24.3 Å². The van der Waals surface area contributed by atoms with Crippen molar-refractivity contribution < 1.29 is 19.2 Å². The van der Waals surface area contributed by atoms with Crippen molar-refractivity contribution in [2.45, 2.75) is 0 Å². The van der Waals surface area contributed by atoms with Crippen LogP contribution >= 0.6 is 15.9 Å². The van der Waals surface area contributed by atoms with Crippen molar-refractivity contribution in [1.82, 2.24) is 0 Å². The molecule has 3 aromatic carbocycles. The lowest BCUT2D eigenvalue weighted by Crippen LogP contribution is -2.05. The Morgan fingerprint density at radius 3 is 2.48 bits per heavy atom. The number of hydrogen-bond acceptors (Lipinski definition) is 5. The molecule has 0 aromatic heterocycles. The molecule has 0 unspecified atom stereocenters. The molecule has 0 aliphatic rings. The molecule has 0 bridgehead atoms. The zero-order valence-electron chi connectivity index (χ0n) is 15.6. The quantitative estimate of drug-likeness (QED) is 0.206. The van der Waals surface area contributed by atoms with Crippen LogP contribution in [0.25, 0.3) is 16.8 Å². The van der Waals surface area contributed by atoms with Gasteiger partial charge in [0.25, 0.3) is 0 Å². The first-order chi connectivity index (χ1) is 14.0. The van der Waals surface area contributed by atoms with Crippen LogP contribution in [0.4, 0.5) is 5.69 Å². The van der Waals surface area contributed by atoms with Crippen LogP contribution in [0.15, 0.2) is 66.2 Å². The maximum Gasteiger partial charge on any atom is 0.337 e. The molecule has 0 N–H and O–H groups in total. The summed E-state index contributed by atoms with van der Waals surface area (Å²) in [6, 6.07) is 17.5. The van der Waals surface area contributed by atoms with E-state index in [-0.39, 0.29) is 18.0 Å². The minimum atomic E-state index is -0.440. The van der Waals surface area contributed by atoms with Crippen LogP contribution in [0.3, 0.4) is 0 Å². The second-order valence-electron chi connectivity index (χ2n) is 6.23. The highest BCUT2D eigenvalue weighted by atomic mass is 79.9. The molecule has 0 amide bonds. The Balaban J connectivity index is 1.85. The predicted molar refractivity (Wildman–Crippen MR) is 116 cm³/mol. The summed E-state index contributed by atoms with van der Waals surface area (Å²) in [5, 5.41) is 13.5. The van der Waals surface area contributed by atoms with Crippen molar-refractivity contribution in [3.63, 3.8) is 0 Å². The molecule has 0 heterocycles. The molecule has 29 heavy (non-hydrogen) atoms. The van der Waals surface area contributed by atoms with Crippen LogP contribution in [-0.4, -0.2) is 29.9 Å². The van der Waals surface area contributed by atoms with E-state index in [2.05, 4.69) is 15.9 Å². The highest BCUT2D eigenvalue weighted by Gasteiger charge is 2.18. The van der Waals surface area contributed by atoms with Crippen molar-refractivity contribution in [3.8, 4) is 5.75 Å². The topological polar surface area (TPSA) is 78.7 Å². The fourth-order valence-electron chi connectivity index (χ4n) is 2.88. The van der Waals surface area contributed by atoms with Crippen LogP contribution in [0.1, 0.15) is 15.9 Å². The molecular formula is C22H18BrNO5. The Morgan fingerprint density at radius 2 is 1.83 bits per heavy atom. The van der Waals surface area contributed by atoms with Crippen LogP contribution in [-0.2, 0) is 4.74 Å². The molecule has 3 aromatic rings. The van der Waals surface area contributed by atoms with Gasteiger partial charge in [0.1, 0.15) is 6.61 Å². The van der Waals surface area contributed by atoms with Crippen molar-refractivity contribution in [3.05, 3.63) is 87.5 Å². The van der Waals surface area contributed by atoms with Gasteiger partial charge in [-0.2, -0.15) is 0 Å². The van der Waals surface area contributed by atoms with E-state index in [0.717, 1.165) is 16.5 Å². The summed E-state index contributed by atoms with van der Waals surface area (Å²) in [5.74, 6) is -0.145. The van der Waals surface area contributed by atoms with Gasteiger partial charge in [0.05, 0.1) is 17.6 Å². The van der Waals surface area contributed by atoms with E-state index < -0.39 is 10.9 Å². The largest absolute Gasteiger partial charge is 0.482 e. The Labute approximate surface area is 176 Å². The SMILES string of the molecule is COC(=O)c1ccc(/C=C(\CBr)COc2c([N+](=O)[O-])ccc3ccccc23)cc1. The maximum atomic E-state index is 11.5. The monoisotopic (exact) mass is 455 g/mol. The second-order valence-corrected chi connectivity index (χ2v) is 6.79. The van der Waals surface area contributed by atoms with Crippen molar-refractivity contribution >= 4 is 44.4 Å². The number of carbonyl (C=O) groups is 1. The van der Waals surface area contributed by atoms with E-state index in [0.29, 0.717) is 16.3 Å². The average molecular weight is 456 g/mol. The molecule has 0 saturated heterocycles. The summed E-state index contributed by atoms with van der Waals surface area (Å²) in [6.45, 7) is 0.179. The number of alkyl halides is 1. The highest BCUT2D eigenvalue weighted by Crippen LogP contribution is 2.35. The lowest BCUT2D eigenvalue weighted by atomic mass is 10.1. The van der Waals surface area contributed by atoms with Gasteiger partial charge in [0, 0.05) is 16.8 Å². The Hall–Kier alpha value is -3.19. The number of nitrogens with zero attached hydrogens (tertiary/aromatic N) is 1. The average Bonchev–Trinajstić information content (AvgIpc) is 2.76. The first kappa shape index (κ1) is 20.5. The van der Waals surface area contributed by atoms with Crippen molar-refractivity contribution in [2.75, 3.05) is 19.0 Å². The number of nitro benzene ring substituents is 1. The van der Waals surface area contributed by atoms with E-state index >= 15 is 0 Å². The van der Waals surface area contributed by atoms with Gasteiger partial charge in [0.2, 0.25) is 5.75 Å². The standard InChI is InChI=1S/C22H18BrNO5/c1-28-22(25)18-8-6-15(7-9-18)12-16(13-23)14-29-21-19-5-3-2-4-17(19)10-11-20(21)24(26)27/h2-12H,13-14H2,1H3/b16-12+. The molecule has 0 radical (unpaired) electrons. The van der Waals surface area contributed by atoms with E-state index in [1.165, 1.54) is 13.2 Å². The predicted octanol–water partition coefficient (Wildman–Crippen LogP) is 5.39. The Morgan fingerprint density at radius 1 is 1.10 bits per heavy atom. The van der Waals surface area contributed by atoms with Gasteiger partial charge in [0.15, 0.2) is 0 Å². The molecule has 6 nitrogen and oxygen atoms in total. The normalized spacial score (nSPS) is 11.3. The maximum absolute atomic E-state index is 11.5. The van der Waals surface area contributed by atoms with Gasteiger partial charge in [-0.05, 0) is 34.7 Å². The van der Waals surface area contributed by atoms with Crippen molar-refractivity contribution in [2.24, 2.45) is 0 Å². The number of methoxy groups -OCH3 is 1. The number of halogens is 1. The lowest BCUT2D eigenvalue weighted by molar-refractivity contribution is -0.385. The fourth-order valence-corrected chi connectivity index (χ4v) is 3.20. The third kappa shape index (κ3) is 4.81. The van der Waals surface area contributed by atoms with E-state index in [4.69, 9.17) is 9.47 Å². The fraction of sp³-hybridized carbons (Fsp3) is 0.136. The number of esters is 1. The molecule has 0 aliphatic heterocycles. The van der Waals surface area contributed by atoms with Crippen LogP contribution in [0.5, 0.6) is 5.75 Å². The van der Waals surface area contributed by atoms with Gasteiger partial charge < -0.3 is 9.47 Å². The molecule has 0 spiro atoms. The third-order valence-electron chi connectivity index (χ3n) is 4.33. The van der Waals surface area contributed by atoms with Gasteiger partial charge >= 0.3 is 11.7 Å². The molecule has 0 fully saturated rings. The van der Waals surface area contributed by atoms with Gasteiger partial charge in [-0.25, -0.2) is 4.79 Å². The number of ether oxygens (including phenoxy) is 2. The smallest absolute Gasteiger partial charge is 0.337 e. The first-order valence-corrected chi connectivity index (χ1v) is 9.88. The lowest BCUT2D eigenvalue weighted by Gasteiger charge is -2.11. The van der Waals surface area contributed by atoms with Crippen LogP contribution in [0, 0.1) is 10.1 Å². The molecular weight excluding hydrogens is 438 g/mol. The van der Waals surface area contributed by atoms with Gasteiger partial charge in [-0.3, -0.25) is 10.1 Å². The van der Waals surface area contributed by atoms with E-state index in [9.17, 15) is 14.9 Å². The number of hydrogen-bond donors (Lipinski definition) is 0. The summed E-state index contributed by atoms with van der Waals surface area (Å²) < 4.78 is 10.6. The molecule has 7 heteroatoms. The van der Waals surface area contributed by atoms with Gasteiger partial charge in [-0.15, -0.1) is 0 Å². The van der Waals surface area contributed by atoms with Gasteiger partial charge in [-0.1, -0.05) is 58.4 Å². The third-order valence-corrected chi connectivity index (χ3v) is 5.05. The molecule has 0 saturated carbocycles. The van der Waals surface area contributed by atoms with Crippen LogP contribution in [0.2, 0.25) is 0 Å².